The van der Waals surface area contributed by atoms with E-state index < -0.39 is 0 Å². The zero-order valence-electron chi connectivity index (χ0n) is 35.9. The van der Waals surface area contributed by atoms with Crippen molar-refractivity contribution in [2.45, 2.75) is 111 Å². The Bertz CT molecular complexity index is 2840. The molecular formula is C53H55BN2S. The van der Waals surface area contributed by atoms with Crippen LogP contribution < -0.4 is 26.2 Å². The monoisotopic (exact) mass is 762 g/mol. The molecule has 0 bridgehead atoms. The molecule has 0 unspecified atom stereocenters. The van der Waals surface area contributed by atoms with E-state index in [1.54, 1.807) is 0 Å². The minimum absolute atomic E-state index is 0.000782. The number of rotatable bonds is 2. The number of fused-ring (bicyclic) bond motifs is 8. The Morgan fingerprint density at radius 1 is 0.544 bits per heavy atom. The molecule has 0 N–H and O–H groups in total. The van der Waals surface area contributed by atoms with E-state index in [0.29, 0.717) is 0 Å². The molecule has 7 aromatic rings. The van der Waals surface area contributed by atoms with Gasteiger partial charge in [-0.15, -0.1) is 11.3 Å². The summed E-state index contributed by atoms with van der Waals surface area (Å²) in [5.41, 5.74) is 20.4. The minimum Gasteiger partial charge on any atom is -0.311 e. The standard InChI is InChI=1S/C53H55BN2S/c1-31-24-44-49-45(25-31)56(42-17-15-19-47-48(42)35-16-13-14-18-46(35)57-47)41-23-21-34(51(6,7)8)27-38(41)54(49)39-28-36-37(53(11,12)30-52(36,9)10)29-43(39)55(44)40-22-20-33(26-32(40)2)50(3,4)5/h13-29H,30H2,1-12H3. The first-order valence-electron chi connectivity index (χ1n) is 20.9. The highest BCUT2D eigenvalue weighted by Gasteiger charge is 2.48. The van der Waals surface area contributed by atoms with Crippen LogP contribution in [-0.2, 0) is 21.7 Å². The summed E-state index contributed by atoms with van der Waals surface area (Å²) in [5.74, 6) is 0. The van der Waals surface area contributed by atoms with Gasteiger partial charge in [-0.25, -0.2) is 0 Å². The van der Waals surface area contributed by atoms with Crippen LogP contribution in [0.5, 0.6) is 0 Å². The Morgan fingerprint density at radius 2 is 1.12 bits per heavy atom. The van der Waals surface area contributed by atoms with E-state index in [1.165, 1.54) is 104 Å². The molecule has 0 saturated heterocycles. The highest BCUT2D eigenvalue weighted by molar-refractivity contribution is 7.26. The number of hydrogen-bond donors (Lipinski definition) is 0. The van der Waals surface area contributed by atoms with Gasteiger partial charge in [0.1, 0.15) is 0 Å². The maximum atomic E-state index is 2.65. The lowest BCUT2D eigenvalue weighted by Gasteiger charge is -2.45. The van der Waals surface area contributed by atoms with E-state index in [1.807, 2.05) is 11.3 Å². The summed E-state index contributed by atoms with van der Waals surface area (Å²) in [5, 5.41) is 2.66. The number of benzene rings is 6. The highest BCUT2D eigenvalue weighted by atomic mass is 32.1. The Morgan fingerprint density at radius 3 is 1.79 bits per heavy atom. The van der Waals surface area contributed by atoms with E-state index in [2.05, 4.69) is 196 Å². The molecule has 6 aromatic carbocycles. The Balaban J connectivity index is 1.35. The third-order valence-corrected chi connectivity index (χ3v) is 14.6. The summed E-state index contributed by atoms with van der Waals surface area (Å²) < 4.78 is 2.66. The molecule has 4 heteroatoms. The van der Waals surface area contributed by atoms with Crippen molar-refractivity contribution >= 4 is 88.7 Å². The van der Waals surface area contributed by atoms with Crippen molar-refractivity contribution in [2.75, 3.05) is 9.80 Å². The first kappa shape index (κ1) is 36.5. The third kappa shape index (κ3) is 5.35. The van der Waals surface area contributed by atoms with E-state index >= 15 is 0 Å². The van der Waals surface area contributed by atoms with Gasteiger partial charge in [-0.05, 0) is 140 Å². The molecule has 0 saturated carbocycles. The fourth-order valence-corrected chi connectivity index (χ4v) is 12.0. The number of thiophene rings is 1. The lowest BCUT2D eigenvalue weighted by Crippen LogP contribution is -2.61. The smallest absolute Gasteiger partial charge is 0.252 e. The van der Waals surface area contributed by atoms with Crippen molar-refractivity contribution in [1.29, 1.82) is 0 Å². The second-order valence-corrected chi connectivity index (χ2v) is 21.8. The van der Waals surface area contributed by atoms with E-state index in [9.17, 15) is 0 Å². The lowest BCUT2D eigenvalue weighted by atomic mass is 9.33. The summed E-state index contributed by atoms with van der Waals surface area (Å²) in [6, 6.07) is 40.7. The van der Waals surface area contributed by atoms with Crippen LogP contribution in [0.15, 0.2) is 103 Å². The van der Waals surface area contributed by atoms with Crippen LogP contribution in [0, 0.1) is 13.8 Å². The molecule has 0 spiro atoms. The quantitative estimate of drug-likeness (QED) is 0.162. The molecule has 286 valence electrons. The SMILES string of the molecule is Cc1cc2c3c(c1)N(c1cccc4sc5ccccc5c14)c1ccc(C(C)(C)C)cc1B3c1cc3c(cc1N2c1ccc(C(C)(C)C)cc1C)C(C)(C)CC3(C)C. The predicted molar refractivity (Wildman–Crippen MR) is 251 cm³/mol. The van der Waals surface area contributed by atoms with Crippen molar-refractivity contribution in [3.63, 3.8) is 0 Å². The fraction of sp³-hybridized carbons (Fsp3) is 0.321. The first-order valence-corrected chi connectivity index (χ1v) is 21.7. The summed E-state index contributed by atoms with van der Waals surface area (Å²) in [6.07, 6.45) is 1.14. The second kappa shape index (κ2) is 11.9. The molecule has 57 heavy (non-hydrogen) atoms. The normalized spacial score (nSPS) is 16.5. The average Bonchev–Trinajstić information content (AvgIpc) is 3.60. The van der Waals surface area contributed by atoms with Gasteiger partial charge in [0.2, 0.25) is 0 Å². The summed E-state index contributed by atoms with van der Waals surface area (Å²) in [7, 11) is 0. The Hall–Kier alpha value is -4.80. The van der Waals surface area contributed by atoms with E-state index in [4.69, 9.17) is 0 Å². The predicted octanol–water partition coefficient (Wildman–Crippen LogP) is 13.3. The lowest BCUT2D eigenvalue weighted by molar-refractivity contribution is 0.403. The van der Waals surface area contributed by atoms with E-state index in [0.717, 1.165) is 6.42 Å². The molecule has 0 amide bonds. The zero-order valence-corrected chi connectivity index (χ0v) is 36.7. The van der Waals surface area contributed by atoms with Crippen LogP contribution in [0.25, 0.3) is 20.2 Å². The molecule has 3 aliphatic rings. The van der Waals surface area contributed by atoms with Crippen molar-refractivity contribution in [3.8, 4) is 0 Å². The number of anilines is 6. The summed E-state index contributed by atoms with van der Waals surface area (Å²) in [6.45, 7) is 28.6. The Labute approximate surface area is 344 Å². The molecule has 3 heterocycles. The molecule has 1 aliphatic carbocycles. The average molecular weight is 763 g/mol. The van der Waals surface area contributed by atoms with Crippen LogP contribution in [-0.4, -0.2) is 6.71 Å². The zero-order chi connectivity index (χ0) is 40.1. The van der Waals surface area contributed by atoms with Gasteiger partial charge in [0.15, 0.2) is 0 Å². The molecule has 0 radical (unpaired) electrons. The molecule has 0 atom stereocenters. The maximum absolute atomic E-state index is 2.65. The van der Waals surface area contributed by atoms with Crippen LogP contribution in [0.3, 0.4) is 0 Å². The first-order chi connectivity index (χ1) is 26.8. The van der Waals surface area contributed by atoms with Crippen molar-refractivity contribution in [3.05, 3.63) is 137 Å². The van der Waals surface area contributed by atoms with Gasteiger partial charge in [-0.3, -0.25) is 0 Å². The van der Waals surface area contributed by atoms with Gasteiger partial charge in [-0.2, -0.15) is 0 Å². The van der Waals surface area contributed by atoms with Gasteiger partial charge in [0.25, 0.3) is 6.71 Å². The highest BCUT2D eigenvalue weighted by Crippen LogP contribution is 2.53. The van der Waals surface area contributed by atoms with Crippen molar-refractivity contribution in [2.24, 2.45) is 0 Å². The number of hydrogen-bond acceptors (Lipinski definition) is 3. The number of nitrogens with zero attached hydrogens (tertiary/aromatic N) is 2. The van der Waals surface area contributed by atoms with Crippen LogP contribution >= 0.6 is 11.3 Å². The molecular weight excluding hydrogens is 707 g/mol. The molecule has 10 rings (SSSR count). The van der Waals surface area contributed by atoms with E-state index in [-0.39, 0.29) is 28.4 Å². The molecule has 0 fully saturated rings. The van der Waals surface area contributed by atoms with Gasteiger partial charge in [0, 0.05) is 48.6 Å². The van der Waals surface area contributed by atoms with Crippen molar-refractivity contribution < 1.29 is 0 Å². The second-order valence-electron chi connectivity index (χ2n) is 20.7. The number of aryl methyl sites for hydroxylation is 2. The Kier molecular flexibility index (Phi) is 7.62. The van der Waals surface area contributed by atoms with Crippen LogP contribution in [0.1, 0.15) is 109 Å². The minimum atomic E-state index is -0.000782. The van der Waals surface area contributed by atoms with Crippen molar-refractivity contribution in [1.82, 2.24) is 0 Å². The summed E-state index contributed by atoms with van der Waals surface area (Å²) >= 11 is 1.90. The van der Waals surface area contributed by atoms with Crippen LogP contribution in [0.4, 0.5) is 34.1 Å². The summed E-state index contributed by atoms with van der Waals surface area (Å²) in [4.78, 5) is 5.28. The van der Waals surface area contributed by atoms with Gasteiger partial charge < -0.3 is 9.80 Å². The van der Waals surface area contributed by atoms with Crippen LogP contribution in [0.2, 0.25) is 0 Å². The maximum Gasteiger partial charge on any atom is 0.252 e. The fourth-order valence-electron chi connectivity index (χ4n) is 10.9. The largest absolute Gasteiger partial charge is 0.311 e. The van der Waals surface area contributed by atoms with Gasteiger partial charge in [-0.1, -0.05) is 124 Å². The van der Waals surface area contributed by atoms with Gasteiger partial charge >= 0.3 is 0 Å². The molecule has 2 nitrogen and oxygen atoms in total. The third-order valence-electron chi connectivity index (χ3n) is 13.5. The van der Waals surface area contributed by atoms with Gasteiger partial charge in [0.05, 0.1) is 5.69 Å². The molecule has 2 aliphatic heterocycles. The molecule has 1 aromatic heterocycles. The topological polar surface area (TPSA) is 6.48 Å².